The van der Waals surface area contributed by atoms with Crippen molar-refractivity contribution in [3.8, 4) is 0 Å². The van der Waals surface area contributed by atoms with Crippen LogP contribution in [0.2, 0.25) is 10.0 Å². The van der Waals surface area contributed by atoms with E-state index < -0.39 is 29.5 Å². The second kappa shape index (κ2) is 7.56. The van der Waals surface area contributed by atoms with E-state index in [0.29, 0.717) is 38.7 Å². The van der Waals surface area contributed by atoms with Crippen LogP contribution in [0.15, 0.2) is 24.8 Å². The van der Waals surface area contributed by atoms with E-state index in [2.05, 4.69) is 11.7 Å². The molecule has 0 bridgehead atoms. The Morgan fingerprint density at radius 3 is 2.63 bits per heavy atom. The maximum atomic E-state index is 14.3. The van der Waals surface area contributed by atoms with Gasteiger partial charge in [-0.1, -0.05) is 35.8 Å². The van der Waals surface area contributed by atoms with Gasteiger partial charge >= 0.3 is 0 Å². The van der Waals surface area contributed by atoms with Crippen molar-refractivity contribution < 1.29 is 18.0 Å². The summed E-state index contributed by atoms with van der Waals surface area (Å²) < 4.78 is 41.4. The van der Waals surface area contributed by atoms with Gasteiger partial charge in [0.05, 0.1) is 0 Å². The predicted molar refractivity (Wildman–Crippen MR) is 97.7 cm³/mol. The van der Waals surface area contributed by atoms with Gasteiger partial charge in [0.25, 0.3) is 12.3 Å². The van der Waals surface area contributed by atoms with Crippen molar-refractivity contribution in [2.45, 2.75) is 25.3 Å². The smallest absolute Gasteiger partial charge is 0.283 e. The Balaban J connectivity index is 1.91. The van der Waals surface area contributed by atoms with Crippen molar-refractivity contribution >= 4 is 34.7 Å². The van der Waals surface area contributed by atoms with E-state index in [1.807, 2.05) is 0 Å². The van der Waals surface area contributed by atoms with Crippen molar-refractivity contribution in [1.82, 2.24) is 14.7 Å². The minimum absolute atomic E-state index is 0.0296. The van der Waals surface area contributed by atoms with Crippen LogP contribution in [0.1, 0.15) is 40.9 Å². The highest BCUT2D eigenvalue weighted by atomic mass is 35.5. The molecule has 2 aromatic rings. The number of nitrogens with zero attached hydrogens (tertiary/aromatic N) is 3. The zero-order chi connectivity index (χ0) is 19.9. The maximum Gasteiger partial charge on any atom is 0.283 e. The second-order valence-electron chi connectivity index (χ2n) is 6.37. The summed E-state index contributed by atoms with van der Waals surface area (Å²) in [6, 6.07) is 4.68. The van der Waals surface area contributed by atoms with E-state index in [-0.39, 0.29) is 12.6 Å². The third-order valence-corrected chi connectivity index (χ3v) is 4.89. The van der Waals surface area contributed by atoms with Gasteiger partial charge in [-0.3, -0.25) is 4.79 Å². The summed E-state index contributed by atoms with van der Waals surface area (Å²) in [7, 11) is 1.17. The van der Waals surface area contributed by atoms with E-state index in [9.17, 15) is 18.0 Å². The molecule has 1 amide bonds. The molecule has 144 valence electrons. The molecule has 27 heavy (non-hydrogen) atoms. The fourth-order valence-electron chi connectivity index (χ4n) is 2.84. The molecule has 0 radical (unpaired) electrons. The van der Waals surface area contributed by atoms with E-state index in [1.54, 1.807) is 18.2 Å². The fraction of sp³-hybridized carbons (Fsp3) is 0.333. The third kappa shape index (κ3) is 3.99. The van der Waals surface area contributed by atoms with Crippen LogP contribution in [0.4, 0.5) is 13.2 Å². The van der Waals surface area contributed by atoms with Crippen LogP contribution >= 0.6 is 23.2 Å². The van der Waals surface area contributed by atoms with Gasteiger partial charge in [-0.25, -0.2) is 13.5 Å². The zero-order valence-electron chi connectivity index (χ0n) is 14.4. The first-order valence-electron chi connectivity index (χ1n) is 8.15. The molecule has 0 aliphatic heterocycles. The largest absolute Gasteiger partial charge is 0.331 e. The van der Waals surface area contributed by atoms with Gasteiger partial charge in [-0.15, -0.1) is 0 Å². The number of hydrogen-bond donors (Lipinski definition) is 0. The molecule has 1 aromatic heterocycles. The van der Waals surface area contributed by atoms with Crippen molar-refractivity contribution in [3.63, 3.8) is 0 Å². The van der Waals surface area contributed by atoms with Crippen LogP contribution in [0, 0.1) is 5.95 Å². The van der Waals surface area contributed by atoms with Crippen LogP contribution in [0.5, 0.6) is 0 Å². The van der Waals surface area contributed by atoms with Crippen molar-refractivity contribution in [3.05, 3.63) is 57.6 Å². The number of carbonyl (C=O) groups excluding carboxylic acids is 1. The molecule has 9 heteroatoms. The van der Waals surface area contributed by atoms with E-state index >= 15 is 0 Å². The summed E-state index contributed by atoms with van der Waals surface area (Å²) in [6.45, 7) is 3.97. The zero-order valence-corrected chi connectivity index (χ0v) is 15.9. The van der Waals surface area contributed by atoms with Gasteiger partial charge in [0.2, 0.25) is 5.95 Å². The lowest BCUT2D eigenvalue weighted by Crippen LogP contribution is -2.35. The molecule has 1 saturated carbocycles. The van der Waals surface area contributed by atoms with E-state index in [1.165, 1.54) is 11.9 Å². The topological polar surface area (TPSA) is 38.1 Å². The van der Waals surface area contributed by atoms with Crippen LogP contribution in [-0.4, -0.2) is 33.2 Å². The van der Waals surface area contributed by atoms with Crippen molar-refractivity contribution in [1.29, 1.82) is 0 Å². The monoisotopic (exact) mass is 417 g/mol. The number of hydrogen-bond acceptors (Lipinski definition) is 2. The number of aryl methyl sites for hydroxylation is 1. The Morgan fingerprint density at radius 2 is 2.07 bits per heavy atom. The fourth-order valence-corrected chi connectivity index (χ4v) is 3.38. The number of carbonyl (C=O) groups is 1. The highest BCUT2D eigenvalue weighted by Gasteiger charge is 2.38. The first-order chi connectivity index (χ1) is 12.7. The minimum Gasteiger partial charge on any atom is -0.331 e. The van der Waals surface area contributed by atoms with Gasteiger partial charge in [0.15, 0.2) is 0 Å². The van der Waals surface area contributed by atoms with Crippen LogP contribution in [-0.2, 0) is 7.05 Å². The van der Waals surface area contributed by atoms with Gasteiger partial charge < -0.3 is 4.90 Å². The van der Waals surface area contributed by atoms with E-state index in [4.69, 9.17) is 23.2 Å². The lowest BCUT2D eigenvalue weighted by Gasteiger charge is -2.24. The molecule has 4 nitrogen and oxygen atoms in total. The summed E-state index contributed by atoms with van der Waals surface area (Å²) in [4.78, 5) is 14.2. The lowest BCUT2D eigenvalue weighted by atomic mass is 10.1. The average Bonchev–Trinajstić information content (AvgIpc) is 3.38. The molecule has 0 unspecified atom stereocenters. The Bertz CT molecular complexity index is 909. The molecule has 1 aromatic carbocycles. The number of halogens is 5. The molecular formula is C18H16Cl2F3N3O. The average molecular weight is 418 g/mol. The molecule has 0 atom stereocenters. The summed E-state index contributed by atoms with van der Waals surface area (Å²) in [5.74, 6) is -1.92. The molecule has 1 aliphatic rings. The first-order valence-corrected chi connectivity index (χ1v) is 8.91. The molecule has 1 fully saturated rings. The summed E-state index contributed by atoms with van der Waals surface area (Å²) >= 11 is 12.1. The normalized spacial score (nSPS) is 13.9. The van der Waals surface area contributed by atoms with Crippen LogP contribution in [0.25, 0.3) is 5.57 Å². The SMILES string of the molecule is C=C(CN(C(=O)c1c(C(F)F)nn(C)c1F)C1CC1)c1ccc(Cl)cc1Cl. The number of rotatable bonds is 6. The number of alkyl halides is 2. The first kappa shape index (κ1) is 19.8. The van der Waals surface area contributed by atoms with Crippen LogP contribution in [0.3, 0.4) is 0 Å². The Labute approximate surface area is 164 Å². The minimum atomic E-state index is -3.06. The summed E-state index contributed by atoms with van der Waals surface area (Å²) in [5.41, 5.74) is -0.477. The third-order valence-electron chi connectivity index (χ3n) is 4.35. The molecule has 0 spiro atoms. The number of benzene rings is 1. The Morgan fingerprint density at radius 1 is 1.41 bits per heavy atom. The number of aromatic nitrogens is 2. The quantitative estimate of drug-likeness (QED) is 0.653. The Kier molecular flexibility index (Phi) is 5.53. The standard InChI is InChI=1S/C18H16Cl2F3N3O/c1-9(12-6-3-10(19)7-13(12)20)8-26(11-4-5-11)18(27)14-15(16(21)22)24-25(2)17(14)23/h3,6-7,11,16H,1,4-5,8H2,2H3. The summed E-state index contributed by atoms with van der Waals surface area (Å²) in [5, 5.41) is 4.25. The van der Waals surface area contributed by atoms with Crippen molar-refractivity contribution in [2.75, 3.05) is 6.54 Å². The Hall–Kier alpha value is -1.99. The number of amides is 1. The molecular weight excluding hydrogens is 402 g/mol. The van der Waals surface area contributed by atoms with Crippen molar-refractivity contribution in [2.24, 2.45) is 7.05 Å². The lowest BCUT2D eigenvalue weighted by molar-refractivity contribution is 0.0747. The van der Waals surface area contributed by atoms with Crippen LogP contribution < -0.4 is 0 Å². The van der Waals surface area contributed by atoms with Gasteiger partial charge in [0, 0.05) is 29.7 Å². The van der Waals surface area contributed by atoms with E-state index in [0.717, 1.165) is 0 Å². The van der Waals surface area contributed by atoms with Gasteiger partial charge in [-0.2, -0.15) is 9.49 Å². The summed E-state index contributed by atoms with van der Waals surface area (Å²) in [6.07, 6.45) is -1.65. The highest BCUT2D eigenvalue weighted by molar-refractivity contribution is 6.35. The second-order valence-corrected chi connectivity index (χ2v) is 7.21. The molecule has 0 saturated heterocycles. The molecule has 3 rings (SSSR count). The predicted octanol–water partition coefficient (Wildman–Crippen LogP) is 5.12. The van der Waals surface area contributed by atoms with Gasteiger partial charge in [0.1, 0.15) is 11.3 Å². The van der Waals surface area contributed by atoms with Gasteiger partial charge in [-0.05, 0) is 36.1 Å². The molecule has 1 aliphatic carbocycles. The maximum absolute atomic E-state index is 14.3. The highest BCUT2D eigenvalue weighted by Crippen LogP contribution is 2.34. The molecule has 0 N–H and O–H groups in total. The molecule has 1 heterocycles.